The predicted molar refractivity (Wildman–Crippen MR) is 53.8 cm³/mol. The highest BCUT2D eigenvalue weighted by atomic mass is 15.1. The van der Waals surface area contributed by atoms with Crippen LogP contribution in [-0.4, -0.2) is 14.5 Å². The molecule has 0 amide bonds. The second-order valence-electron chi connectivity index (χ2n) is 3.19. The summed E-state index contributed by atoms with van der Waals surface area (Å²) in [5, 5.41) is 0. The molecule has 2 aromatic rings. The van der Waals surface area contributed by atoms with Gasteiger partial charge in [-0.3, -0.25) is 0 Å². The van der Waals surface area contributed by atoms with Crippen molar-refractivity contribution in [3.05, 3.63) is 42.5 Å². The van der Waals surface area contributed by atoms with Crippen molar-refractivity contribution in [3.63, 3.8) is 0 Å². The molecule has 0 saturated heterocycles. The molecule has 76 valence electrons. The van der Waals surface area contributed by atoms with Crippen molar-refractivity contribution in [2.24, 2.45) is 19.1 Å². The van der Waals surface area contributed by atoms with Crippen LogP contribution in [0.15, 0.2) is 42.0 Å². The summed E-state index contributed by atoms with van der Waals surface area (Å²) in [7, 11) is 3.81. The van der Waals surface area contributed by atoms with E-state index in [0.29, 0.717) is 5.95 Å². The van der Waals surface area contributed by atoms with Gasteiger partial charge in [0.1, 0.15) is 6.20 Å². The van der Waals surface area contributed by atoms with Gasteiger partial charge in [0, 0.05) is 25.4 Å². The Morgan fingerprint density at radius 3 is 3.00 bits per heavy atom. The van der Waals surface area contributed by atoms with Gasteiger partial charge in [-0.05, 0) is 4.99 Å². The Hall–Kier alpha value is -2.04. The first kappa shape index (κ1) is 9.51. The van der Waals surface area contributed by atoms with E-state index < -0.39 is 0 Å². The van der Waals surface area contributed by atoms with Crippen molar-refractivity contribution in [2.45, 2.75) is 0 Å². The smallest absolute Gasteiger partial charge is 0.306 e. The second kappa shape index (κ2) is 4.00. The summed E-state index contributed by atoms with van der Waals surface area (Å²) >= 11 is 0. The number of hydrogen-bond donors (Lipinski definition) is 0. The van der Waals surface area contributed by atoms with Crippen LogP contribution < -0.4 is 10.1 Å². The summed E-state index contributed by atoms with van der Waals surface area (Å²) < 4.78 is 3.70. The lowest BCUT2D eigenvalue weighted by molar-refractivity contribution is -0.661. The van der Waals surface area contributed by atoms with Crippen LogP contribution in [0, 0.1) is 0 Å². The molecule has 15 heavy (non-hydrogen) atoms. The molecule has 0 N–H and O–H groups in total. The lowest BCUT2D eigenvalue weighted by Crippen LogP contribution is -2.30. The van der Waals surface area contributed by atoms with Gasteiger partial charge in [0.2, 0.25) is 5.49 Å². The molecule has 0 aliphatic rings. The third-order valence-corrected chi connectivity index (χ3v) is 2.03. The summed E-state index contributed by atoms with van der Waals surface area (Å²) in [6, 6.07) is 3.71. The van der Waals surface area contributed by atoms with Crippen LogP contribution >= 0.6 is 0 Å². The average molecular weight is 202 g/mol. The number of aromatic nitrogens is 4. The SMILES string of the molecule is Cn1cnccc1=Nc1nccc[n+]1C. The van der Waals surface area contributed by atoms with Gasteiger partial charge in [-0.25, -0.2) is 9.55 Å². The monoisotopic (exact) mass is 202 g/mol. The molecule has 0 spiro atoms. The Morgan fingerprint density at radius 1 is 1.40 bits per heavy atom. The van der Waals surface area contributed by atoms with Gasteiger partial charge in [-0.15, -0.1) is 0 Å². The maximum atomic E-state index is 4.42. The molecule has 2 heterocycles. The molecule has 0 radical (unpaired) electrons. The van der Waals surface area contributed by atoms with Gasteiger partial charge in [0.05, 0.1) is 19.6 Å². The number of aryl methyl sites for hydroxylation is 2. The fraction of sp³-hybridized carbons (Fsp3) is 0.200. The third kappa shape index (κ3) is 2.07. The summed E-state index contributed by atoms with van der Waals surface area (Å²) in [5.41, 5.74) is 0.819. The number of nitrogens with zero attached hydrogens (tertiary/aromatic N) is 5. The van der Waals surface area contributed by atoms with Gasteiger partial charge in [0.15, 0.2) is 0 Å². The zero-order valence-electron chi connectivity index (χ0n) is 8.70. The highest BCUT2D eigenvalue weighted by Crippen LogP contribution is 1.93. The Balaban J connectivity index is 2.57. The van der Waals surface area contributed by atoms with Crippen LogP contribution in [0.25, 0.3) is 0 Å². The summed E-state index contributed by atoms with van der Waals surface area (Å²) in [6.07, 6.45) is 7.05. The molecular weight excluding hydrogens is 190 g/mol. The van der Waals surface area contributed by atoms with Crippen LogP contribution in [0.5, 0.6) is 0 Å². The summed E-state index contributed by atoms with van der Waals surface area (Å²) in [4.78, 5) is 12.6. The molecule has 0 unspecified atom stereocenters. The molecule has 0 aromatic carbocycles. The Morgan fingerprint density at radius 2 is 2.27 bits per heavy atom. The molecule has 2 rings (SSSR count). The molecule has 0 saturated carbocycles. The van der Waals surface area contributed by atoms with Gasteiger partial charge < -0.3 is 4.57 Å². The Bertz CT molecular complexity index is 529. The largest absolute Gasteiger partial charge is 0.434 e. The molecule has 5 heteroatoms. The van der Waals surface area contributed by atoms with Crippen LogP contribution in [0.3, 0.4) is 0 Å². The van der Waals surface area contributed by atoms with Crippen molar-refractivity contribution in [3.8, 4) is 0 Å². The van der Waals surface area contributed by atoms with E-state index in [1.807, 2.05) is 41.6 Å². The molecule has 2 aromatic heterocycles. The lowest BCUT2D eigenvalue weighted by atomic mass is 10.6. The average Bonchev–Trinajstić information content (AvgIpc) is 2.24. The van der Waals surface area contributed by atoms with Crippen molar-refractivity contribution in [2.75, 3.05) is 0 Å². The lowest BCUT2D eigenvalue weighted by Gasteiger charge is -1.94. The van der Waals surface area contributed by atoms with E-state index in [1.54, 1.807) is 18.7 Å². The first-order valence-electron chi connectivity index (χ1n) is 4.59. The van der Waals surface area contributed by atoms with Crippen LogP contribution in [0.1, 0.15) is 0 Å². The number of rotatable bonds is 1. The first-order valence-corrected chi connectivity index (χ1v) is 4.59. The minimum atomic E-state index is 0.666. The fourth-order valence-electron chi connectivity index (χ4n) is 1.19. The summed E-state index contributed by atoms with van der Waals surface area (Å²) in [5.74, 6) is 0.666. The van der Waals surface area contributed by atoms with Gasteiger partial charge in [-0.2, -0.15) is 0 Å². The van der Waals surface area contributed by atoms with E-state index in [2.05, 4.69) is 15.0 Å². The van der Waals surface area contributed by atoms with Crippen molar-refractivity contribution < 1.29 is 4.57 Å². The molecule has 0 aliphatic carbocycles. The molecule has 5 nitrogen and oxygen atoms in total. The zero-order chi connectivity index (χ0) is 10.7. The van der Waals surface area contributed by atoms with E-state index in [9.17, 15) is 0 Å². The van der Waals surface area contributed by atoms with E-state index in [-0.39, 0.29) is 0 Å². The summed E-state index contributed by atoms with van der Waals surface area (Å²) in [6.45, 7) is 0. The normalized spacial score (nSPS) is 11.7. The molecule has 0 fully saturated rings. The fourth-order valence-corrected chi connectivity index (χ4v) is 1.19. The minimum absolute atomic E-state index is 0.666. The first-order chi connectivity index (χ1) is 7.27. The van der Waals surface area contributed by atoms with Crippen molar-refractivity contribution in [1.29, 1.82) is 0 Å². The third-order valence-electron chi connectivity index (χ3n) is 2.03. The Kier molecular flexibility index (Phi) is 2.53. The minimum Gasteiger partial charge on any atom is -0.306 e. The zero-order valence-corrected chi connectivity index (χ0v) is 8.70. The quantitative estimate of drug-likeness (QED) is 0.605. The number of hydrogen-bond acceptors (Lipinski definition) is 3. The van der Waals surface area contributed by atoms with Gasteiger partial charge in [-0.1, -0.05) is 4.98 Å². The Labute approximate surface area is 87.4 Å². The van der Waals surface area contributed by atoms with Crippen LogP contribution in [0.2, 0.25) is 0 Å². The maximum absolute atomic E-state index is 4.42. The van der Waals surface area contributed by atoms with E-state index in [0.717, 1.165) is 5.49 Å². The maximum Gasteiger partial charge on any atom is 0.434 e. The second-order valence-corrected chi connectivity index (χ2v) is 3.19. The van der Waals surface area contributed by atoms with Gasteiger partial charge in [0.25, 0.3) is 0 Å². The van der Waals surface area contributed by atoms with E-state index in [4.69, 9.17) is 0 Å². The van der Waals surface area contributed by atoms with Crippen LogP contribution in [0.4, 0.5) is 5.95 Å². The highest BCUT2D eigenvalue weighted by Gasteiger charge is 2.04. The standard InChI is InChI=1S/C10H12N5/c1-14-7-3-5-12-10(14)13-9-4-6-11-8-15(9)2/h3-8H,1-2H3/q+1. The van der Waals surface area contributed by atoms with Crippen molar-refractivity contribution >= 4 is 5.95 Å². The highest BCUT2D eigenvalue weighted by molar-refractivity contribution is 5.04. The molecule has 0 bridgehead atoms. The van der Waals surface area contributed by atoms with Crippen LogP contribution in [-0.2, 0) is 14.1 Å². The van der Waals surface area contributed by atoms with E-state index in [1.165, 1.54) is 0 Å². The molecule has 0 aliphatic heterocycles. The molecular formula is C10H12N5+. The predicted octanol–water partition coefficient (Wildman–Crippen LogP) is -0.128. The van der Waals surface area contributed by atoms with Gasteiger partial charge >= 0.3 is 5.95 Å². The van der Waals surface area contributed by atoms with Crippen molar-refractivity contribution in [1.82, 2.24) is 14.5 Å². The molecule has 0 atom stereocenters. The topological polar surface area (TPSA) is 47.0 Å². The van der Waals surface area contributed by atoms with E-state index >= 15 is 0 Å².